The van der Waals surface area contributed by atoms with Gasteiger partial charge in [0.25, 0.3) is 5.91 Å². The Bertz CT molecular complexity index is 898. The molecule has 3 rings (SSSR count). The third-order valence-electron chi connectivity index (χ3n) is 4.38. The molecule has 0 saturated heterocycles. The molecule has 1 amide bonds. The highest BCUT2D eigenvalue weighted by atomic mass is 16.1. The molecular weight excluding hydrogens is 352 g/mol. The molecule has 28 heavy (non-hydrogen) atoms. The van der Waals surface area contributed by atoms with Crippen molar-refractivity contribution in [3.05, 3.63) is 77.8 Å². The predicted molar refractivity (Wildman–Crippen MR) is 108 cm³/mol. The van der Waals surface area contributed by atoms with Crippen molar-refractivity contribution in [1.82, 2.24) is 25.3 Å². The molecule has 0 spiro atoms. The van der Waals surface area contributed by atoms with Crippen molar-refractivity contribution in [3.63, 3.8) is 0 Å². The lowest BCUT2D eigenvalue weighted by atomic mass is 10.2. The van der Waals surface area contributed by atoms with Crippen LogP contribution in [0.15, 0.2) is 55.1 Å². The normalized spacial score (nSPS) is 10.5. The van der Waals surface area contributed by atoms with Gasteiger partial charge in [0.1, 0.15) is 11.6 Å². The molecule has 0 saturated carbocycles. The lowest BCUT2D eigenvalue weighted by Crippen LogP contribution is -2.27. The van der Waals surface area contributed by atoms with Gasteiger partial charge in [0, 0.05) is 69.0 Å². The third-order valence-corrected chi connectivity index (χ3v) is 4.38. The molecule has 144 valence electrons. The van der Waals surface area contributed by atoms with E-state index in [9.17, 15) is 4.79 Å². The van der Waals surface area contributed by atoms with Crippen molar-refractivity contribution in [3.8, 4) is 0 Å². The molecule has 0 aliphatic carbocycles. The summed E-state index contributed by atoms with van der Waals surface area (Å²) in [5.74, 6) is 1.37. The third kappa shape index (κ3) is 5.09. The number of aromatic nitrogens is 4. The lowest BCUT2D eigenvalue weighted by Gasteiger charge is -2.21. The monoisotopic (exact) mass is 376 g/mol. The highest BCUT2D eigenvalue weighted by Gasteiger charge is 2.12. The van der Waals surface area contributed by atoms with Gasteiger partial charge in [-0.25, -0.2) is 15.0 Å². The Hall–Kier alpha value is -3.35. The van der Waals surface area contributed by atoms with Gasteiger partial charge in [0.15, 0.2) is 0 Å². The molecule has 0 radical (unpaired) electrons. The number of nitrogens with one attached hydrogen (secondary N) is 1. The number of nitrogens with zero attached hydrogens (tertiary/aromatic N) is 5. The summed E-state index contributed by atoms with van der Waals surface area (Å²) in [4.78, 5) is 31.7. The smallest absolute Gasteiger partial charge is 0.254 e. The molecule has 3 aromatic rings. The average molecular weight is 376 g/mol. The van der Waals surface area contributed by atoms with Crippen LogP contribution in [-0.4, -0.2) is 39.4 Å². The van der Waals surface area contributed by atoms with Crippen LogP contribution in [0.2, 0.25) is 0 Å². The highest BCUT2D eigenvalue weighted by Crippen LogP contribution is 2.16. The molecular formula is C21H24N6O. The Balaban J connectivity index is 1.61. The summed E-state index contributed by atoms with van der Waals surface area (Å²) in [6, 6.07) is 9.75. The van der Waals surface area contributed by atoms with Crippen LogP contribution in [0, 0.1) is 0 Å². The molecule has 0 unspecified atom stereocenters. The number of hydrogen-bond donors (Lipinski definition) is 1. The van der Waals surface area contributed by atoms with E-state index in [0.29, 0.717) is 12.1 Å². The van der Waals surface area contributed by atoms with Crippen LogP contribution in [0.1, 0.15) is 34.4 Å². The summed E-state index contributed by atoms with van der Waals surface area (Å²) in [6.45, 7) is 3.14. The number of amides is 1. The number of aryl methyl sites for hydroxylation is 1. The van der Waals surface area contributed by atoms with Crippen molar-refractivity contribution >= 4 is 11.7 Å². The van der Waals surface area contributed by atoms with Crippen LogP contribution >= 0.6 is 0 Å². The maximum Gasteiger partial charge on any atom is 0.254 e. The van der Waals surface area contributed by atoms with Gasteiger partial charge in [0.05, 0.1) is 5.56 Å². The summed E-state index contributed by atoms with van der Waals surface area (Å²) in [5, 5.41) is 2.92. The number of rotatable bonds is 8. The molecule has 0 fully saturated rings. The van der Waals surface area contributed by atoms with Crippen LogP contribution < -0.4 is 10.2 Å². The zero-order valence-corrected chi connectivity index (χ0v) is 16.2. The van der Waals surface area contributed by atoms with Gasteiger partial charge in [0.2, 0.25) is 0 Å². The van der Waals surface area contributed by atoms with Crippen molar-refractivity contribution in [1.29, 1.82) is 0 Å². The maximum absolute atomic E-state index is 12.4. The van der Waals surface area contributed by atoms with E-state index in [2.05, 4.69) is 30.2 Å². The molecule has 7 nitrogen and oxygen atoms in total. The molecule has 3 heterocycles. The van der Waals surface area contributed by atoms with E-state index in [1.807, 2.05) is 44.3 Å². The van der Waals surface area contributed by atoms with E-state index in [4.69, 9.17) is 0 Å². The summed E-state index contributed by atoms with van der Waals surface area (Å²) in [7, 11) is 1.99. The van der Waals surface area contributed by atoms with E-state index in [1.54, 1.807) is 24.8 Å². The van der Waals surface area contributed by atoms with Crippen LogP contribution in [0.4, 0.5) is 5.82 Å². The average Bonchev–Trinajstić information content (AvgIpc) is 2.76. The first-order valence-corrected chi connectivity index (χ1v) is 9.31. The van der Waals surface area contributed by atoms with Gasteiger partial charge in [-0.3, -0.25) is 9.78 Å². The summed E-state index contributed by atoms with van der Waals surface area (Å²) >= 11 is 0. The van der Waals surface area contributed by atoms with Gasteiger partial charge in [-0.05, 0) is 18.2 Å². The van der Waals surface area contributed by atoms with Gasteiger partial charge < -0.3 is 10.2 Å². The van der Waals surface area contributed by atoms with E-state index in [-0.39, 0.29) is 5.91 Å². The first kappa shape index (κ1) is 19.4. The Morgan fingerprint density at radius 3 is 2.54 bits per heavy atom. The van der Waals surface area contributed by atoms with E-state index in [0.717, 1.165) is 42.3 Å². The SMILES string of the molecule is CCc1ncc(C(=O)NCc2cccnc2N(C)CCc2ccccn2)cn1. The zero-order chi connectivity index (χ0) is 19.8. The fourth-order valence-electron chi connectivity index (χ4n) is 2.78. The van der Waals surface area contributed by atoms with Crippen molar-refractivity contribution in [2.45, 2.75) is 26.3 Å². The molecule has 0 aliphatic rings. The van der Waals surface area contributed by atoms with Gasteiger partial charge in [-0.15, -0.1) is 0 Å². The second-order valence-electron chi connectivity index (χ2n) is 6.40. The molecule has 0 aromatic carbocycles. The van der Waals surface area contributed by atoms with E-state index >= 15 is 0 Å². The molecule has 3 aromatic heterocycles. The summed E-state index contributed by atoms with van der Waals surface area (Å²) < 4.78 is 0. The first-order chi connectivity index (χ1) is 13.7. The second-order valence-corrected chi connectivity index (χ2v) is 6.40. The number of pyridine rings is 2. The molecule has 1 N–H and O–H groups in total. The Morgan fingerprint density at radius 1 is 1.04 bits per heavy atom. The number of hydrogen-bond acceptors (Lipinski definition) is 6. The summed E-state index contributed by atoms with van der Waals surface area (Å²) in [5.41, 5.74) is 2.44. The number of carbonyl (C=O) groups is 1. The van der Waals surface area contributed by atoms with E-state index in [1.165, 1.54) is 0 Å². The van der Waals surface area contributed by atoms with Crippen molar-refractivity contribution < 1.29 is 4.79 Å². The molecule has 7 heteroatoms. The Labute approximate surface area is 164 Å². The minimum absolute atomic E-state index is 0.200. The van der Waals surface area contributed by atoms with Crippen LogP contribution in [0.3, 0.4) is 0 Å². The Morgan fingerprint density at radius 2 is 1.82 bits per heavy atom. The number of likely N-dealkylation sites (N-methyl/N-ethyl adjacent to an activating group) is 1. The zero-order valence-electron chi connectivity index (χ0n) is 16.2. The second kappa shape index (κ2) is 9.55. The van der Waals surface area contributed by atoms with Gasteiger partial charge in [-0.2, -0.15) is 0 Å². The maximum atomic E-state index is 12.4. The first-order valence-electron chi connectivity index (χ1n) is 9.31. The fourth-order valence-corrected chi connectivity index (χ4v) is 2.78. The van der Waals surface area contributed by atoms with Crippen molar-refractivity contribution in [2.24, 2.45) is 0 Å². The highest BCUT2D eigenvalue weighted by molar-refractivity contribution is 5.93. The predicted octanol–water partition coefficient (Wildman–Crippen LogP) is 2.44. The topological polar surface area (TPSA) is 83.9 Å². The standard InChI is InChI=1S/C21H24N6O/c1-3-19-24-14-17(15-25-19)21(28)26-13-16-7-6-11-23-20(16)27(2)12-9-18-8-4-5-10-22-18/h4-8,10-11,14-15H,3,9,12-13H2,1-2H3,(H,26,28). The molecule has 0 atom stereocenters. The quantitative estimate of drug-likeness (QED) is 0.650. The minimum atomic E-state index is -0.200. The van der Waals surface area contributed by atoms with Crippen LogP contribution in [-0.2, 0) is 19.4 Å². The fraction of sp³-hybridized carbons (Fsp3) is 0.286. The van der Waals surface area contributed by atoms with E-state index < -0.39 is 0 Å². The minimum Gasteiger partial charge on any atom is -0.359 e. The molecule has 0 bridgehead atoms. The number of anilines is 1. The molecule has 0 aliphatic heterocycles. The number of carbonyl (C=O) groups excluding carboxylic acids is 1. The van der Waals surface area contributed by atoms with Gasteiger partial charge >= 0.3 is 0 Å². The summed E-state index contributed by atoms with van der Waals surface area (Å²) in [6.07, 6.45) is 8.24. The lowest BCUT2D eigenvalue weighted by molar-refractivity contribution is 0.0950. The largest absolute Gasteiger partial charge is 0.359 e. The Kier molecular flexibility index (Phi) is 6.62. The van der Waals surface area contributed by atoms with Crippen LogP contribution in [0.25, 0.3) is 0 Å². The van der Waals surface area contributed by atoms with Crippen molar-refractivity contribution in [2.75, 3.05) is 18.5 Å². The van der Waals surface area contributed by atoms with Crippen LogP contribution in [0.5, 0.6) is 0 Å². The van der Waals surface area contributed by atoms with Gasteiger partial charge in [-0.1, -0.05) is 19.1 Å².